The van der Waals surface area contributed by atoms with E-state index in [1.54, 1.807) is 0 Å². The molecule has 1 aliphatic rings. The summed E-state index contributed by atoms with van der Waals surface area (Å²) in [5.41, 5.74) is 3.70. The summed E-state index contributed by atoms with van der Waals surface area (Å²) in [5.74, 6) is 0. The van der Waals surface area contributed by atoms with Crippen molar-refractivity contribution in [1.29, 1.82) is 0 Å². The van der Waals surface area contributed by atoms with E-state index in [1.807, 2.05) is 6.20 Å². The summed E-state index contributed by atoms with van der Waals surface area (Å²) < 4.78 is 0. The molecule has 0 spiro atoms. The second-order valence-electron chi connectivity index (χ2n) is 3.08. The first-order chi connectivity index (χ1) is 5.88. The number of nitrogens with zero attached hydrogens (tertiary/aromatic N) is 1. The normalized spacial score (nSPS) is 16.2. The third-order valence-electron chi connectivity index (χ3n) is 2.15. The number of aromatic amines is 1. The minimum Gasteiger partial charge on any atom is -0.285 e. The average molecular weight is 160 g/mol. The fourth-order valence-corrected chi connectivity index (χ4v) is 1.48. The van der Waals surface area contributed by atoms with Crippen molar-refractivity contribution in [3.05, 3.63) is 35.7 Å². The van der Waals surface area contributed by atoms with Gasteiger partial charge < -0.3 is 0 Å². The third-order valence-corrected chi connectivity index (χ3v) is 2.15. The Bertz CT molecular complexity index is 331. The molecule has 0 fully saturated rings. The molecule has 2 rings (SSSR count). The maximum Gasteiger partial charge on any atom is 0.0909 e. The van der Waals surface area contributed by atoms with Crippen molar-refractivity contribution >= 4 is 5.57 Å². The first kappa shape index (κ1) is 7.35. The maximum absolute atomic E-state index is 4.21. The number of hydrogen-bond donors (Lipinski definition) is 1. The van der Waals surface area contributed by atoms with Crippen LogP contribution < -0.4 is 0 Å². The van der Waals surface area contributed by atoms with Crippen LogP contribution in [0.25, 0.3) is 5.57 Å². The molecule has 0 aliphatic heterocycles. The summed E-state index contributed by atoms with van der Waals surface area (Å²) in [6.07, 6.45) is 10.6. The van der Waals surface area contributed by atoms with Crippen molar-refractivity contribution in [3.8, 4) is 0 Å². The van der Waals surface area contributed by atoms with Gasteiger partial charge in [-0.1, -0.05) is 18.2 Å². The van der Waals surface area contributed by atoms with Crippen LogP contribution in [0.2, 0.25) is 0 Å². The lowest BCUT2D eigenvalue weighted by Gasteiger charge is -2.06. The van der Waals surface area contributed by atoms with Crippen LogP contribution in [0.3, 0.4) is 0 Å². The largest absolute Gasteiger partial charge is 0.285 e. The predicted molar refractivity (Wildman–Crippen MR) is 49.7 cm³/mol. The summed E-state index contributed by atoms with van der Waals surface area (Å²) in [5, 5.41) is 7.09. The van der Waals surface area contributed by atoms with Crippen molar-refractivity contribution in [2.75, 3.05) is 0 Å². The summed E-state index contributed by atoms with van der Waals surface area (Å²) in [7, 11) is 0. The van der Waals surface area contributed by atoms with Gasteiger partial charge in [-0.2, -0.15) is 5.10 Å². The number of allylic oxidation sites excluding steroid dienone is 4. The molecule has 1 aromatic rings. The highest BCUT2D eigenvalue weighted by Crippen LogP contribution is 2.23. The molecule has 12 heavy (non-hydrogen) atoms. The van der Waals surface area contributed by atoms with E-state index >= 15 is 0 Å². The lowest BCUT2D eigenvalue weighted by Crippen LogP contribution is -1.90. The monoisotopic (exact) mass is 160 g/mol. The van der Waals surface area contributed by atoms with Gasteiger partial charge in [0.05, 0.1) is 5.69 Å². The van der Waals surface area contributed by atoms with Crippen LogP contribution in [0.5, 0.6) is 0 Å². The van der Waals surface area contributed by atoms with Gasteiger partial charge in [0.25, 0.3) is 0 Å². The Morgan fingerprint density at radius 3 is 3.00 bits per heavy atom. The Balaban J connectivity index is 2.36. The molecule has 0 saturated heterocycles. The molecule has 1 N–H and O–H groups in total. The van der Waals surface area contributed by atoms with Gasteiger partial charge in [-0.25, -0.2) is 0 Å². The molecule has 0 amide bonds. The lowest BCUT2D eigenvalue weighted by atomic mass is 10.0. The van der Waals surface area contributed by atoms with Crippen molar-refractivity contribution < 1.29 is 0 Å². The Kier molecular flexibility index (Phi) is 1.82. The molecule has 1 heterocycles. The van der Waals surface area contributed by atoms with Crippen molar-refractivity contribution in [2.24, 2.45) is 0 Å². The Hall–Kier alpha value is -1.31. The summed E-state index contributed by atoms with van der Waals surface area (Å²) >= 11 is 0. The number of rotatable bonds is 1. The van der Waals surface area contributed by atoms with Gasteiger partial charge in [-0.15, -0.1) is 0 Å². The topological polar surface area (TPSA) is 28.7 Å². The van der Waals surface area contributed by atoms with Crippen LogP contribution in [0, 0.1) is 6.92 Å². The van der Waals surface area contributed by atoms with Crippen molar-refractivity contribution in [1.82, 2.24) is 10.2 Å². The SMILES string of the molecule is Cc1c[nH]nc1C1=CC=CCC1. The molecular weight excluding hydrogens is 148 g/mol. The second kappa shape index (κ2) is 2.97. The average Bonchev–Trinajstić information content (AvgIpc) is 2.53. The van der Waals surface area contributed by atoms with Crippen LogP contribution in [0.15, 0.2) is 24.4 Å². The third kappa shape index (κ3) is 1.20. The van der Waals surface area contributed by atoms with E-state index < -0.39 is 0 Å². The zero-order valence-electron chi connectivity index (χ0n) is 7.17. The number of nitrogens with one attached hydrogen (secondary N) is 1. The van der Waals surface area contributed by atoms with Crippen LogP contribution in [-0.4, -0.2) is 10.2 Å². The van der Waals surface area contributed by atoms with E-state index in [-0.39, 0.29) is 0 Å². The first-order valence-corrected chi connectivity index (χ1v) is 4.24. The summed E-state index contributed by atoms with van der Waals surface area (Å²) in [6.45, 7) is 2.08. The van der Waals surface area contributed by atoms with Crippen LogP contribution in [-0.2, 0) is 0 Å². The molecule has 0 atom stereocenters. The predicted octanol–water partition coefficient (Wildman–Crippen LogP) is 2.45. The van der Waals surface area contributed by atoms with Gasteiger partial charge in [0.2, 0.25) is 0 Å². The zero-order valence-corrected chi connectivity index (χ0v) is 7.17. The Labute approximate surface area is 72.0 Å². The van der Waals surface area contributed by atoms with E-state index in [1.165, 1.54) is 11.1 Å². The fourth-order valence-electron chi connectivity index (χ4n) is 1.48. The minimum atomic E-state index is 1.11. The molecule has 0 unspecified atom stereocenters. The van der Waals surface area contributed by atoms with Crippen LogP contribution in [0.1, 0.15) is 24.1 Å². The van der Waals surface area contributed by atoms with E-state index in [0.29, 0.717) is 0 Å². The highest BCUT2D eigenvalue weighted by Gasteiger charge is 2.07. The molecule has 1 aliphatic carbocycles. The molecule has 2 nitrogen and oxygen atoms in total. The standard InChI is InChI=1S/C10H12N2/c1-8-7-11-12-10(8)9-5-3-2-4-6-9/h2-3,5,7H,4,6H2,1H3,(H,11,12). The lowest BCUT2D eigenvalue weighted by molar-refractivity contribution is 1.01. The van der Waals surface area contributed by atoms with E-state index in [4.69, 9.17) is 0 Å². The Morgan fingerprint density at radius 1 is 1.50 bits per heavy atom. The van der Waals surface area contributed by atoms with E-state index in [9.17, 15) is 0 Å². The van der Waals surface area contributed by atoms with Crippen molar-refractivity contribution in [3.63, 3.8) is 0 Å². The first-order valence-electron chi connectivity index (χ1n) is 4.24. The molecule has 0 aromatic carbocycles. The molecule has 2 heteroatoms. The number of aromatic nitrogens is 2. The minimum absolute atomic E-state index is 1.11. The molecular formula is C10H12N2. The summed E-state index contributed by atoms with van der Waals surface area (Å²) in [6, 6.07) is 0. The molecule has 0 bridgehead atoms. The van der Waals surface area contributed by atoms with Gasteiger partial charge in [0.15, 0.2) is 0 Å². The van der Waals surface area contributed by atoms with Crippen LogP contribution >= 0.6 is 0 Å². The highest BCUT2D eigenvalue weighted by molar-refractivity contribution is 5.67. The number of H-pyrrole nitrogens is 1. The fraction of sp³-hybridized carbons (Fsp3) is 0.300. The number of aryl methyl sites for hydroxylation is 1. The molecule has 62 valence electrons. The van der Waals surface area contributed by atoms with Crippen molar-refractivity contribution in [2.45, 2.75) is 19.8 Å². The molecule has 1 aromatic heterocycles. The maximum atomic E-state index is 4.21. The van der Waals surface area contributed by atoms with E-state index in [0.717, 1.165) is 18.5 Å². The molecule has 0 radical (unpaired) electrons. The zero-order chi connectivity index (χ0) is 8.39. The van der Waals surface area contributed by atoms with E-state index in [2.05, 4.69) is 35.3 Å². The van der Waals surface area contributed by atoms with Gasteiger partial charge in [0, 0.05) is 6.20 Å². The van der Waals surface area contributed by atoms with Gasteiger partial charge in [-0.05, 0) is 30.9 Å². The Morgan fingerprint density at radius 2 is 2.42 bits per heavy atom. The summed E-state index contributed by atoms with van der Waals surface area (Å²) in [4.78, 5) is 0. The van der Waals surface area contributed by atoms with Gasteiger partial charge in [0.1, 0.15) is 0 Å². The second-order valence-corrected chi connectivity index (χ2v) is 3.08. The highest BCUT2D eigenvalue weighted by atomic mass is 15.1. The number of hydrogen-bond acceptors (Lipinski definition) is 1. The quantitative estimate of drug-likeness (QED) is 0.671. The van der Waals surface area contributed by atoms with Crippen LogP contribution in [0.4, 0.5) is 0 Å². The molecule has 0 saturated carbocycles. The van der Waals surface area contributed by atoms with Gasteiger partial charge >= 0.3 is 0 Å². The van der Waals surface area contributed by atoms with Gasteiger partial charge in [-0.3, -0.25) is 5.10 Å². The smallest absolute Gasteiger partial charge is 0.0909 e.